The van der Waals surface area contributed by atoms with Crippen LogP contribution in [0, 0.1) is 13.8 Å². The summed E-state index contributed by atoms with van der Waals surface area (Å²) in [5.74, 6) is 0. The van der Waals surface area contributed by atoms with Crippen molar-refractivity contribution in [3.8, 4) is 0 Å². The van der Waals surface area contributed by atoms with E-state index in [0.717, 1.165) is 23.8 Å². The average molecular weight is 278 g/mol. The summed E-state index contributed by atoms with van der Waals surface area (Å²) in [6.07, 6.45) is 1.70. The minimum absolute atomic E-state index is 0.250. The first-order chi connectivity index (χ1) is 9.11. The van der Waals surface area contributed by atoms with Crippen LogP contribution in [0.2, 0.25) is 5.02 Å². The number of hydrogen-bond acceptors (Lipinski definition) is 2. The Morgan fingerprint density at radius 1 is 1.26 bits per heavy atom. The van der Waals surface area contributed by atoms with Crippen LogP contribution in [0.25, 0.3) is 0 Å². The number of benzene rings is 1. The van der Waals surface area contributed by atoms with E-state index in [0.29, 0.717) is 0 Å². The van der Waals surface area contributed by atoms with Crippen LogP contribution in [-0.2, 0) is 6.54 Å². The number of aromatic nitrogens is 2. The maximum Gasteiger partial charge on any atom is 0.0814 e. The molecule has 1 heterocycles. The van der Waals surface area contributed by atoms with Crippen molar-refractivity contribution in [2.45, 2.75) is 33.4 Å². The maximum absolute atomic E-state index is 6.05. The van der Waals surface area contributed by atoms with Gasteiger partial charge in [0.25, 0.3) is 0 Å². The first-order valence-corrected chi connectivity index (χ1v) is 6.97. The lowest BCUT2D eigenvalue weighted by Gasteiger charge is -2.19. The molecule has 0 amide bonds. The Balaban J connectivity index is 2.20. The molecule has 0 fully saturated rings. The summed E-state index contributed by atoms with van der Waals surface area (Å²) in [6.45, 7) is 7.92. The lowest BCUT2D eigenvalue weighted by Crippen LogP contribution is -2.26. The molecule has 0 aliphatic heterocycles. The van der Waals surface area contributed by atoms with Crippen LogP contribution in [-0.4, -0.2) is 16.3 Å². The highest BCUT2D eigenvalue weighted by Crippen LogP contribution is 2.19. The van der Waals surface area contributed by atoms with Gasteiger partial charge in [-0.25, -0.2) is 0 Å². The van der Waals surface area contributed by atoms with Crippen molar-refractivity contribution in [2.24, 2.45) is 0 Å². The molecule has 1 aromatic heterocycles. The van der Waals surface area contributed by atoms with Crippen molar-refractivity contribution in [2.75, 3.05) is 6.54 Å². The van der Waals surface area contributed by atoms with Gasteiger partial charge in [0.1, 0.15) is 0 Å². The minimum atomic E-state index is 0.250. The SMILES string of the molecule is CCNC(Cn1ncc(Cl)c1C)c1ccc(C)cc1. The first-order valence-electron chi connectivity index (χ1n) is 6.59. The van der Waals surface area contributed by atoms with Crippen molar-refractivity contribution >= 4 is 11.6 Å². The molecule has 0 saturated heterocycles. The molecule has 0 aliphatic rings. The van der Waals surface area contributed by atoms with Crippen LogP contribution < -0.4 is 5.32 Å². The molecule has 3 nitrogen and oxygen atoms in total. The summed E-state index contributed by atoms with van der Waals surface area (Å²) in [4.78, 5) is 0. The molecular formula is C15H20ClN3. The molecule has 1 N–H and O–H groups in total. The molecule has 2 rings (SSSR count). The van der Waals surface area contributed by atoms with Crippen LogP contribution in [0.15, 0.2) is 30.5 Å². The zero-order valence-electron chi connectivity index (χ0n) is 11.7. The van der Waals surface area contributed by atoms with Crippen LogP contribution >= 0.6 is 11.6 Å². The van der Waals surface area contributed by atoms with Crippen LogP contribution in [0.4, 0.5) is 0 Å². The third-order valence-corrected chi connectivity index (χ3v) is 3.70. The second-order valence-corrected chi connectivity index (χ2v) is 5.19. The quantitative estimate of drug-likeness (QED) is 0.906. The van der Waals surface area contributed by atoms with Crippen LogP contribution in [0.1, 0.15) is 29.8 Å². The van der Waals surface area contributed by atoms with E-state index in [1.807, 2.05) is 11.6 Å². The van der Waals surface area contributed by atoms with Gasteiger partial charge in [0.2, 0.25) is 0 Å². The molecule has 1 aromatic carbocycles. The first kappa shape index (κ1) is 14.1. The van der Waals surface area contributed by atoms with Gasteiger partial charge >= 0.3 is 0 Å². The highest BCUT2D eigenvalue weighted by molar-refractivity contribution is 6.31. The minimum Gasteiger partial charge on any atom is -0.309 e. The Hall–Kier alpha value is -1.32. The molecule has 1 unspecified atom stereocenters. The molecular weight excluding hydrogens is 258 g/mol. The van der Waals surface area contributed by atoms with E-state index < -0.39 is 0 Å². The van der Waals surface area contributed by atoms with Crippen molar-refractivity contribution in [3.63, 3.8) is 0 Å². The molecule has 0 saturated carbocycles. The fourth-order valence-electron chi connectivity index (χ4n) is 2.11. The van der Waals surface area contributed by atoms with Crippen LogP contribution in [0.5, 0.6) is 0 Å². The fourth-order valence-corrected chi connectivity index (χ4v) is 2.25. The maximum atomic E-state index is 6.05. The second-order valence-electron chi connectivity index (χ2n) is 4.78. The largest absolute Gasteiger partial charge is 0.309 e. The summed E-state index contributed by atoms with van der Waals surface area (Å²) in [5.41, 5.74) is 3.56. The number of hydrogen-bond donors (Lipinski definition) is 1. The van der Waals surface area contributed by atoms with E-state index in [4.69, 9.17) is 11.6 Å². The van der Waals surface area contributed by atoms with Crippen molar-refractivity contribution in [3.05, 3.63) is 52.3 Å². The standard InChI is InChI=1S/C15H20ClN3/c1-4-17-15(13-7-5-11(2)6-8-13)10-19-12(3)14(16)9-18-19/h5-9,15,17H,4,10H2,1-3H3. The van der Waals surface area contributed by atoms with Gasteiger partial charge in [-0.2, -0.15) is 5.10 Å². The molecule has 0 spiro atoms. The van der Waals surface area contributed by atoms with E-state index in [1.165, 1.54) is 11.1 Å². The summed E-state index contributed by atoms with van der Waals surface area (Å²) < 4.78 is 1.95. The topological polar surface area (TPSA) is 29.9 Å². The zero-order chi connectivity index (χ0) is 13.8. The molecule has 1 atom stereocenters. The molecule has 19 heavy (non-hydrogen) atoms. The molecule has 0 aliphatic carbocycles. The summed E-state index contributed by atoms with van der Waals surface area (Å²) >= 11 is 6.05. The van der Waals surface area contributed by atoms with Crippen molar-refractivity contribution < 1.29 is 0 Å². The highest BCUT2D eigenvalue weighted by Gasteiger charge is 2.13. The predicted molar refractivity (Wildman–Crippen MR) is 79.6 cm³/mol. The molecule has 2 aromatic rings. The number of aryl methyl sites for hydroxylation is 1. The number of rotatable bonds is 5. The lowest BCUT2D eigenvalue weighted by molar-refractivity contribution is 0.442. The molecule has 0 radical (unpaired) electrons. The summed E-state index contributed by atoms with van der Waals surface area (Å²) in [7, 11) is 0. The van der Waals surface area contributed by atoms with Gasteiger partial charge in [0.15, 0.2) is 0 Å². The number of likely N-dealkylation sites (N-methyl/N-ethyl adjacent to an activating group) is 1. The van der Waals surface area contributed by atoms with Gasteiger partial charge in [-0.15, -0.1) is 0 Å². The van der Waals surface area contributed by atoms with Gasteiger partial charge in [-0.3, -0.25) is 4.68 Å². The Bertz CT molecular complexity index is 531. The summed E-state index contributed by atoms with van der Waals surface area (Å²) in [6, 6.07) is 8.87. The Kier molecular flexibility index (Phi) is 4.61. The third-order valence-electron chi connectivity index (χ3n) is 3.33. The number of halogens is 1. The van der Waals surface area contributed by atoms with E-state index in [9.17, 15) is 0 Å². The highest BCUT2D eigenvalue weighted by atomic mass is 35.5. The van der Waals surface area contributed by atoms with Gasteiger partial charge < -0.3 is 5.32 Å². The van der Waals surface area contributed by atoms with Gasteiger partial charge in [-0.05, 0) is 26.0 Å². The fraction of sp³-hybridized carbons (Fsp3) is 0.400. The number of nitrogens with one attached hydrogen (secondary N) is 1. The van der Waals surface area contributed by atoms with Crippen molar-refractivity contribution in [1.29, 1.82) is 0 Å². The van der Waals surface area contributed by atoms with Gasteiger partial charge in [0.05, 0.1) is 29.5 Å². The average Bonchev–Trinajstić information content (AvgIpc) is 2.71. The smallest absolute Gasteiger partial charge is 0.0814 e. The molecule has 0 bridgehead atoms. The normalized spacial score (nSPS) is 12.6. The monoisotopic (exact) mass is 277 g/mol. The van der Waals surface area contributed by atoms with Gasteiger partial charge in [0, 0.05) is 0 Å². The predicted octanol–water partition coefficient (Wildman–Crippen LogP) is 3.50. The van der Waals surface area contributed by atoms with Crippen LogP contribution in [0.3, 0.4) is 0 Å². The molecule has 4 heteroatoms. The van der Waals surface area contributed by atoms with E-state index >= 15 is 0 Å². The Labute approximate surface area is 119 Å². The Morgan fingerprint density at radius 3 is 2.47 bits per heavy atom. The lowest BCUT2D eigenvalue weighted by atomic mass is 10.1. The van der Waals surface area contributed by atoms with E-state index in [2.05, 4.69) is 48.5 Å². The van der Waals surface area contributed by atoms with E-state index in [1.54, 1.807) is 6.20 Å². The number of nitrogens with zero attached hydrogens (tertiary/aromatic N) is 2. The summed E-state index contributed by atoms with van der Waals surface area (Å²) in [5, 5.41) is 8.55. The molecule has 102 valence electrons. The second kappa shape index (κ2) is 6.22. The van der Waals surface area contributed by atoms with Crippen molar-refractivity contribution in [1.82, 2.24) is 15.1 Å². The van der Waals surface area contributed by atoms with Gasteiger partial charge in [-0.1, -0.05) is 48.4 Å². The van der Waals surface area contributed by atoms with E-state index in [-0.39, 0.29) is 6.04 Å². The zero-order valence-corrected chi connectivity index (χ0v) is 12.4. The Morgan fingerprint density at radius 2 is 1.95 bits per heavy atom. The third kappa shape index (κ3) is 3.37.